The van der Waals surface area contributed by atoms with E-state index in [4.69, 9.17) is 4.42 Å². The summed E-state index contributed by atoms with van der Waals surface area (Å²) in [5.74, 6) is 1.06. The van der Waals surface area contributed by atoms with Crippen molar-refractivity contribution in [1.82, 2.24) is 0 Å². The minimum atomic E-state index is -0.00324. The van der Waals surface area contributed by atoms with E-state index < -0.39 is 0 Å². The number of hydrogen-bond donors (Lipinski definition) is 0. The molecule has 2 aliphatic rings. The molecular formula is C49H40O. The summed E-state index contributed by atoms with van der Waals surface area (Å²) >= 11 is 0. The molecule has 8 aromatic rings. The third-order valence-corrected chi connectivity index (χ3v) is 12.4. The third-order valence-electron chi connectivity index (χ3n) is 12.4. The fourth-order valence-electron chi connectivity index (χ4n) is 10.4. The van der Waals surface area contributed by atoms with Crippen molar-refractivity contribution in [3.8, 4) is 33.4 Å². The Morgan fingerprint density at radius 3 is 1.90 bits per heavy atom. The Bertz CT molecular complexity index is 2630. The highest BCUT2D eigenvalue weighted by Crippen LogP contribution is 2.63. The van der Waals surface area contributed by atoms with Gasteiger partial charge in [0.2, 0.25) is 0 Å². The lowest BCUT2D eigenvalue weighted by atomic mass is 9.54. The molecule has 1 heterocycles. The van der Waals surface area contributed by atoms with Gasteiger partial charge in [0.15, 0.2) is 0 Å². The van der Waals surface area contributed by atoms with Crippen LogP contribution >= 0.6 is 0 Å². The first-order valence-electron chi connectivity index (χ1n) is 18.4. The molecular weight excluding hydrogens is 605 g/mol. The highest BCUT2D eigenvalue weighted by Gasteiger charge is 2.54. The summed E-state index contributed by atoms with van der Waals surface area (Å²) in [6.45, 7) is 7.16. The fourth-order valence-corrected chi connectivity index (χ4v) is 10.4. The first kappa shape index (κ1) is 29.5. The molecule has 7 aromatic carbocycles. The summed E-state index contributed by atoms with van der Waals surface area (Å²) in [6.07, 6.45) is 5.87. The van der Waals surface area contributed by atoms with Gasteiger partial charge in [0.05, 0.1) is 0 Å². The van der Waals surface area contributed by atoms with E-state index in [1.807, 2.05) is 6.07 Å². The minimum Gasteiger partial charge on any atom is -0.456 e. The Labute approximate surface area is 293 Å². The van der Waals surface area contributed by atoms with Gasteiger partial charge in [-0.05, 0) is 116 Å². The van der Waals surface area contributed by atoms with Crippen LogP contribution in [0.5, 0.6) is 0 Å². The van der Waals surface area contributed by atoms with E-state index in [1.165, 1.54) is 72.5 Å². The van der Waals surface area contributed by atoms with Crippen molar-refractivity contribution in [1.29, 1.82) is 0 Å². The maximum Gasteiger partial charge on any atom is 0.136 e. The molecule has 1 nitrogen and oxygen atoms in total. The van der Waals surface area contributed by atoms with E-state index in [0.717, 1.165) is 34.8 Å². The Balaban J connectivity index is 1.28. The van der Waals surface area contributed by atoms with E-state index in [1.54, 1.807) is 5.57 Å². The zero-order chi connectivity index (χ0) is 33.6. The molecule has 2 aliphatic carbocycles. The van der Waals surface area contributed by atoms with Crippen LogP contribution in [0.15, 0.2) is 150 Å². The topological polar surface area (TPSA) is 13.1 Å². The molecule has 3 unspecified atom stereocenters. The number of hydrogen-bond acceptors (Lipinski definition) is 1. The number of allylic oxidation sites excluding steroid dienone is 2. The number of fused-ring (bicyclic) bond motifs is 10. The van der Waals surface area contributed by atoms with Crippen molar-refractivity contribution in [2.45, 2.75) is 45.4 Å². The predicted octanol–water partition coefficient (Wildman–Crippen LogP) is 13.9. The Hall–Kier alpha value is -5.40. The van der Waals surface area contributed by atoms with Gasteiger partial charge in [-0.3, -0.25) is 0 Å². The van der Waals surface area contributed by atoms with Gasteiger partial charge < -0.3 is 4.42 Å². The highest BCUT2D eigenvalue weighted by molar-refractivity contribution is 6.23. The van der Waals surface area contributed by atoms with Crippen molar-refractivity contribution >= 4 is 43.5 Å². The summed E-state index contributed by atoms with van der Waals surface area (Å²) in [5.41, 5.74) is 14.5. The molecule has 10 rings (SSSR count). The van der Waals surface area contributed by atoms with Crippen molar-refractivity contribution in [3.63, 3.8) is 0 Å². The molecule has 1 aromatic heterocycles. The average molecular weight is 645 g/mol. The van der Waals surface area contributed by atoms with Gasteiger partial charge in [0, 0.05) is 16.2 Å². The second-order valence-electron chi connectivity index (χ2n) is 14.7. The van der Waals surface area contributed by atoms with Gasteiger partial charge >= 0.3 is 0 Å². The molecule has 242 valence electrons. The smallest absolute Gasteiger partial charge is 0.136 e. The highest BCUT2D eigenvalue weighted by atomic mass is 16.3. The van der Waals surface area contributed by atoms with Crippen molar-refractivity contribution in [2.24, 2.45) is 11.8 Å². The summed E-state index contributed by atoms with van der Waals surface area (Å²) in [5, 5.41) is 7.44. The second-order valence-corrected chi connectivity index (χ2v) is 14.7. The normalized spacial score (nSPS) is 20.7. The maximum absolute atomic E-state index is 6.41. The second kappa shape index (κ2) is 11.1. The van der Waals surface area contributed by atoms with Crippen molar-refractivity contribution < 1.29 is 4.42 Å². The molecule has 0 N–H and O–H groups in total. The lowest BCUT2D eigenvalue weighted by Crippen LogP contribution is -2.44. The van der Waals surface area contributed by atoms with E-state index in [-0.39, 0.29) is 5.41 Å². The Kier molecular flexibility index (Phi) is 6.52. The van der Waals surface area contributed by atoms with Crippen molar-refractivity contribution in [2.75, 3.05) is 0 Å². The Morgan fingerprint density at radius 2 is 1.18 bits per heavy atom. The van der Waals surface area contributed by atoms with E-state index >= 15 is 0 Å². The molecule has 0 aliphatic heterocycles. The molecule has 1 saturated carbocycles. The van der Waals surface area contributed by atoms with Crippen molar-refractivity contribution in [3.05, 3.63) is 156 Å². The summed E-state index contributed by atoms with van der Waals surface area (Å²) in [7, 11) is 0. The van der Waals surface area contributed by atoms with Gasteiger partial charge in [-0.25, -0.2) is 0 Å². The fraction of sp³-hybridized carbons (Fsp3) is 0.184. The predicted molar refractivity (Wildman–Crippen MR) is 212 cm³/mol. The third kappa shape index (κ3) is 3.89. The van der Waals surface area contributed by atoms with E-state index in [0.29, 0.717) is 11.8 Å². The monoisotopic (exact) mass is 644 g/mol. The lowest BCUT2D eigenvalue weighted by molar-refractivity contribution is 0.188. The molecule has 0 radical (unpaired) electrons. The van der Waals surface area contributed by atoms with E-state index in [2.05, 4.69) is 154 Å². The molecule has 3 atom stereocenters. The molecule has 1 fully saturated rings. The van der Waals surface area contributed by atoms with Crippen LogP contribution in [0.1, 0.15) is 51.2 Å². The first-order chi connectivity index (χ1) is 24.6. The van der Waals surface area contributed by atoms with Crippen LogP contribution in [-0.4, -0.2) is 0 Å². The number of benzene rings is 7. The largest absolute Gasteiger partial charge is 0.456 e. The molecule has 0 amide bonds. The van der Waals surface area contributed by atoms with Crippen LogP contribution in [0.25, 0.3) is 76.9 Å². The van der Waals surface area contributed by atoms with Crippen LogP contribution in [0, 0.1) is 11.8 Å². The standard InChI is InChI=1S/C49H40O/c1-4-31-27-30(3)49(33(5-2)28-31)42-22-12-10-20-40(42)48-41(21-14-23-43(48)49)47-38-18-8-6-16-36(38)46(37-17-7-9-19-39(37)47)32-25-26-35-34-15-11-13-24-44(34)50-45(35)29-32/h4,6-26,29-30,33H,5,27-28H2,1-3H3. The van der Waals surface area contributed by atoms with Crippen LogP contribution in [0.3, 0.4) is 0 Å². The average Bonchev–Trinajstić information content (AvgIpc) is 3.68. The number of para-hydroxylation sites is 1. The van der Waals surface area contributed by atoms with Gasteiger partial charge in [0.25, 0.3) is 0 Å². The molecule has 0 saturated heterocycles. The lowest BCUT2D eigenvalue weighted by Gasteiger charge is -2.49. The summed E-state index contributed by atoms with van der Waals surface area (Å²) in [6, 6.07) is 49.8. The molecule has 0 bridgehead atoms. The van der Waals surface area contributed by atoms with Gasteiger partial charge in [-0.15, -0.1) is 0 Å². The summed E-state index contributed by atoms with van der Waals surface area (Å²) in [4.78, 5) is 0. The molecule has 1 heteroatoms. The van der Waals surface area contributed by atoms with E-state index in [9.17, 15) is 0 Å². The number of furan rings is 1. The number of rotatable bonds is 3. The van der Waals surface area contributed by atoms with Crippen LogP contribution < -0.4 is 0 Å². The Morgan fingerprint density at radius 1 is 0.580 bits per heavy atom. The molecule has 50 heavy (non-hydrogen) atoms. The van der Waals surface area contributed by atoms with Crippen LogP contribution in [0.4, 0.5) is 0 Å². The minimum absolute atomic E-state index is 0.00324. The van der Waals surface area contributed by atoms with Gasteiger partial charge in [-0.2, -0.15) is 0 Å². The van der Waals surface area contributed by atoms with Gasteiger partial charge in [0.1, 0.15) is 11.2 Å². The first-order valence-corrected chi connectivity index (χ1v) is 18.4. The maximum atomic E-state index is 6.41. The SMILES string of the molecule is CC=C1CC(C)C2(c3ccccc3-c3c(-c4c5ccccc5c(-c5ccc6c(c5)oc5ccccc56)c5ccccc45)cccc32)C(CC)C1. The summed E-state index contributed by atoms with van der Waals surface area (Å²) < 4.78 is 6.41. The van der Waals surface area contributed by atoms with Crippen LogP contribution in [-0.2, 0) is 5.41 Å². The van der Waals surface area contributed by atoms with Gasteiger partial charge in [-0.1, -0.05) is 147 Å². The molecule has 1 spiro atoms. The van der Waals surface area contributed by atoms with Crippen LogP contribution in [0.2, 0.25) is 0 Å². The quantitative estimate of drug-likeness (QED) is 0.138. The zero-order valence-electron chi connectivity index (χ0n) is 29.0. The zero-order valence-corrected chi connectivity index (χ0v) is 29.0.